The van der Waals surface area contributed by atoms with Gasteiger partial charge in [0.25, 0.3) is 0 Å². The van der Waals surface area contributed by atoms with Crippen molar-refractivity contribution < 1.29 is 14.2 Å². The molecule has 1 aromatic heterocycles. The van der Waals surface area contributed by atoms with Crippen LogP contribution >= 0.6 is 0 Å². The lowest BCUT2D eigenvalue weighted by molar-refractivity contribution is 0.297. The summed E-state index contributed by atoms with van der Waals surface area (Å²) in [7, 11) is 1.70. The highest BCUT2D eigenvalue weighted by Crippen LogP contribution is 2.32. The summed E-state index contributed by atoms with van der Waals surface area (Å²) < 4.78 is 19.1. The van der Waals surface area contributed by atoms with Crippen molar-refractivity contribution in [1.29, 1.82) is 0 Å². The number of aliphatic imine (C=N–C) groups is 1. The predicted octanol–water partition coefficient (Wildman–Crippen LogP) is 3.66. The second kappa shape index (κ2) is 11.3. The molecule has 0 amide bonds. The fraction of sp³-hybridized carbons (Fsp3) is 0.360. The first-order chi connectivity index (χ1) is 16.2. The number of imidazole rings is 1. The van der Waals surface area contributed by atoms with Crippen LogP contribution in [0.15, 0.2) is 60.1 Å². The van der Waals surface area contributed by atoms with Crippen LogP contribution < -0.4 is 24.8 Å². The van der Waals surface area contributed by atoms with Crippen molar-refractivity contribution in [1.82, 2.24) is 14.9 Å². The number of ether oxygens (including phenoxy) is 3. The van der Waals surface area contributed by atoms with Crippen molar-refractivity contribution in [2.24, 2.45) is 4.99 Å². The summed E-state index contributed by atoms with van der Waals surface area (Å²) in [5, 5.41) is 6.82. The van der Waals surface area contributed by atoms with Gasteiger partial charge in [-0.3, -0.25) is 4.99 Å². The Kier molecular flexibility index (Phi) is 7.68. The Morgan fingerprint density at radius 1 is 1.15 bits per heavy atom. The molecule has 4 rings (SSSR count). The van der Waals surface area contributed by atoms with Crippen LogP contribution in [0, 0.1) is 6.92 Å². The molecule has 0 unspecified atom stereocenters. The second-order valence-corrected chi connectivity index (χ2v) is 7.86. The molecule has 0 aliphatic carbocycles. The first-order valence-corrected chi connectivity index (χ1v) is 11.3. The van der Waals surface area contributed by atoms with Crippen LogP contribution in [0.5, 0.6) is 17.2 Å². The van der Waals surface area contributed by atoms with E-state index in [9.17, 15) is 0 Å². The number of methoxy groups -OCH3 is 1. The van der Waals surface area contributed by atoms with Crippen LogP contribution in [0.4, 0.5) is 5.69 Å². The van der Waals surface area contributed by atoms with Gasteiger partial charge in [0.1, 0.15) is 5.75 Å². The maximum Gasteiger partial charge on any atom is 0.195 e. The van der Waals surface area contributed by atoms with E-state index in [2.05, 4.69) is 34.7 Å². The molecule has 0 atom stereocenters. The topological polar surface area (TPSA) is 81.9 Å². The number of nitrogens with one attached hydrogen (secondary N) is 2. The summed E-state index contributed by atoms with van der Waals surface area (Å²) in [5.41, 5.74) is 3.25. The van der Waals surface area contributed by atoms with Crippen molar-refractivity contribution in [3.05, 3.63) is 66.2 Å². The minimum Gasteiger partial charge on any atom is -0.496 e. The number of hydrogen-bond donors (Lipinski definition) is 2. The molecule has 0 bridgehead atoms. The summed E-state index contributed by atoms with van der Waals surface area (Å²) in [6.07, 6.45) is 7.18. The van der Waals surface area contributed by atoms with Gasteiger partial charge >= 0.3 is 0 Å². The standard InChI is InChI=1S/C25H31N5O3/c1-19-4-6-22(31-2)20(16-19)8-9-27-25(28-11-13-30-12-10-26-18-30)29-21-5-7-23-24(17-21)33-15-3-14-32-23/h4-7,10,12,16-18H,3,8-9,11,13-15H2,1-2H3,(H2,27,28,29). The number of fused-ring (bicyclic) bond motifs is 1. The molecule has 2 N–H and O–H groups in total. The molecule has 0 spiro atoms. The van der Waals surface area contributed by atoms with E-state index >= 15 is 0 Å². The minimum atomic E-state index is 0.616. The fourth-order valence-corrected chi connectivity index (χ4v) is 3.63. The number of benzene rings is 2. The van der Waals surface area contributed by atoms with Crippen LogP contribution in [0.25, 0.3) is 0 Å². The van der Waals surface area contributed by atoms with E-state index in [1.54, 1.807) is 19.6 Å². The lowest BCUT2D eigenvalue weighted by Gasteiger charge is -2.15. The molecule has 2 aromatic carbocycles. The largest absolute Gasteiger partial charge is 0.496 e. The van der Waals surface area contributed by atoms with Gasteiger partial charge in [-0.2, -0.15) is 0 Å². The summed E-state index contributed by atoms with van der Waals surface area (Å²) in [5.74, 6) is 3.12. The van der Waals surface area contributed by atoms with Crippen LogP contribution in [0.3, 0.4) is 0 Å². The number of guanidine groups is 1. The number of rotatable bonds is 8. The molecule has 1 aliphatic heterocycles. The molecule has 0 saturated carbocycles. The first-order valence-electron chi connectivity index (χ1n) is 11.3. The maximum atomic E-state index is 5.83. The van der Waals surface area contributed by atoms with Crippen LogP contribution in [0.1, 0.15) is 17.5 Å². The predicted molar refractivity (Wildman–Crippen MR) is 130 cm³/mol. The maximum absolute atomic E-state index is 5.83. The molecule has 8 heteroatoms. The van der Waals surface area contributed by atoms with Gasteiger partial charge in [-0.15, -0.1) is 0 Å². The molecular weight excluding hydrogens is 418 g/mol. The average Bonchev–Trinajstić information content (AvgIpc) is 3.23. The van der Waals surface area contributed by atoms with Gasteiger partial charge in [0.15, 0.2) is 17.5 Å². The third-order valence-electron chi connectivity index (χ3n) is 5.32. The Morgan fingerprint density at radius 3 is 2.85 bits per heavy atom. The molecular formula is C25H31N5O3. The van der Waals surface area contributed by atoms with Gasteiger partial charge < -0.3 is 29.4 Å². The third-order valence-corrected chi connectivity index (χ3v) is 5.32. The summed E-state index contributed by atoms with van der Waals surface area (Å²) in [6, 6.07) is 12.1. The average molecular weight is 450 g/mol. The second-order valence-electron chi connectivity index (χ2n) is 7.86. The van der Waals surface area contributed by atoms with Crippen LogP contribution in [-0.4, -0.2) is 48.9 Å². The van der Waals surface area contributed by atoms with E-state index in [4.69, 9.17) is 19.2 Å². The zero-order chi connectivity index (χ0) is 22.9. The molecule has 174 valence electrons. The molecule has 1 aliphatic rings. The Morgan fingerprint density at radius 2 is 2.03 bits per heavy atom. The Hall–Kier alpha value is -3.68. The van der Waals surface area contributed by atoms with Crippen molar-refractivity contribution in [3.8, 4) is 17.2 Å². The van der Waals surface area contributed by atoms with E-state index in [1.165, 1.54) is 5.56 Å². The van der Waals surface area contributed by atoms with E-state index in [0.717, 1.165) is 47.9 Å². The molecule has 0 fully saturated rings. The van der Waals surface area contributed by atoms with E-state index < -0.39 is 0 Å². The lowest BCUT2D eigenvalue weighted by Crippen LogP contribution is -2.33. The Labute approximate surface area is 194 Å². The number of hydrogen-bond acceptors (Lipinski definition) is 5. The SMILES string of the molecule is COc1ccc(C)cc1CCN=C(NCCn1ccnc1)Nc1ccc2c(c1)OCCCO2. The van der Waals surface area contributed by atoms with Gasteiger partial charge in [0.05, 0.1) is 26.7 Å². The molecule has 0 saturated heterocycles. The molecule has 8 nitrogen and oxygen atoms in total. The van der Waals surface area contributed by atoms with Crippen molar-refractivity contribution >= 4 is 11.6 Å². The number of aryl methyl sites for hydroxylation is 1. The highest BCUT2D eigenvalue weighted by atomic mass is 16.5. The molecule has 2 heterocycles. The Bertz CT molecular complexity index is 1070. The molecule has 0 radical (unpaired) electrons. The third kappa shape index (κ3) is 6.41. The van der Waals surface area contributed by atoms with Crippen molar-refractivity contribution in [2.45, 2.75) is 26.3 Å². The molecule has 3 aromatic rings. The van der Waals surface area contributed by atoms with E-state index in [1.807, 2.05) is 35.0 Å². The normalized spacial score (nSPS) is 13.3. The summed E-state index contributed by atoms with van der Waals surface area (Å²) in [6.45, 7) is 5.52. The van der Waals surface area contributed by atoms with Gasteiger partial charge in [-0.05, 0) is 37.1 Å². The summed E-state index contributed by atoms with van der Waals surface area (Å²) in [4.78, 5) is 8.91. The quantitative estimate of drug-likeness (QED) is 0.404. The zero-order valence-electron chi connectivity index (χ0n) is 19.2. The summed E-state index contributed by atoms with van der Waals surface area (Å²) >= 11 is 0. The lowest BCUT2D eigenvalue weighted by atomic mass is 10.1. The van der Waals surface area contributed by atoms with Gasteiger partial charge in [-0.25, -0.2) is 4.98 Å². The highest BCUT2D eigenvalue weighted by Gasteiger charge is 2.12. The molecule has 33 heavy (non-hydrogen) atoms. The van der Waals surface area contributed by atoms with E-state index in [0.29, 0.717) is 32.3 Å². The van der Waals surface area contributed by atoms with Crippen LogP contribution in [-0.2, 0) is 13.0 Å². The number of nitrogens with zero attached hydrogens (tertiary/aromatic N) is 3. The van der Waals surface area contributed by atoms with E-state index in [-0.39, 0.29) is 0 Å². The van der Waals surface area contributed by atoms with Crippen molar-refractivity contribution in [2.75, 3.05) is 38.7 Å². The van der Waals surface area contributed by atoms with Gasteiger partial charge in [0, 0.05) is 50.2 Å². The van der Waals surface area contributed by atoms with Gasteiger partial charge in [-0.1, -0.05) is 17.7 Å². The number of aromatic nitrogens is 2. The zero-order valence-corrected chi connectivity index (χ0v) is 19.2. The van der Waals surface area contributed by atoms with Gasteiger partial charge in [0.2, 0.25) is 0 Å². The van der Waals surface area contributed by atoms with Crippen LogP contribution in [0.2, 0.25) is 0 Å². The monoisotopic (exact) mass is 449 g/mol. The smallest absolute Gasteiger partial charge is 0.195 e. The first kappa shape index (κ1) is 22.5. The number of anilines is 1. The Balaban J connectivity index is 1.45. The highest BCUT2D eigenvalue weighted by molar-refractivity contribution is 5.94. The minimum absolute atomic E-state index is 0.616. The van der Waals surface area contributed by atoms with Crippen molar-refractivity contribution in [3.63, 3.8) is 0 Å². The fourth-order valence-electron chi connectivity index (χ4n) is 3.63.